The van der Waals surface area contributed by atoms with Crippen LogP contribution in [-0.2, 0) is 39.1 Å². The molecule has 15 heteroatoms. The van der Waals surface area contributed by atoms with Crippen LogP contribution in [0.15, 0.2) is 53.8 Å². The predicted octanol–water partition coefficient (Wildman–Crippen LogP) is 8.32. The molecule has 382 valence electrons. The molecule has 5 heterocycles. The molecule has 11 rings (SSSR count). The van der Waals surface area contributed by atoms with E-state index in [1.165, 1.54) is 19.8 Å². The second kappa shape index (κ2) is 21.2. The Hall–Kier alpha value is -4.79. The molecule has 3 fully saturated rings. The Labute approximate surface area is 430 Å². The number of benzene rings is 3. The van der Waals surface area contributed by atoms with Crippen molar-refractivity contribution in [3.8, 4) is 51.7 Å². The molecule has 72 heavy (non-hydrogen) atoms. The third-order valence-corrected chi connectivity index (χ3v) is 19.0. The first kappa shape index (κ1) is 49.4. The smallest absolute Gasteiger partial charge is 0.302 e. The molecule has 5 aliphatic heterocycles. The molecule has 9 unspecified atom stereocenters. The first-order valence-electron chi connectivity index (χ1n) is 26.1. The lowest BCUT2D eigenvalue weighted by atomic mass is 9.65. The van der Waals surface area contributed by atoms with Gasteiger partial charge in [0.15, 0.2) is 18.3 Å². The van der Waals surface area contributed by atoms with Gasteiger partial charge in [-0.2, -0.15) is 0 Å². The number of aliphatic hydroxyl groups excluding tert-OH is 1. The van der Waals surface area contributed by atoms with E-state index in [4.69, 9.17) is 29.4 Å². The zero-order valence-corrected chi connectivity index (χ0v) is 43.0. The zero-order valence-electron chi connectivity index (χ0n) is 41.4. The second-order valence-electron chi connectivity index (χ2n) is 21.1. The minimum absolute atomic E-state index is 0.0527. The van der Waals surface area contributed by atoms with Gasteiger partial charge in [-0.25, -0.2) is 0 Å². The Balaban J connectivity index is 1.15. The van der Waals surface area contributed by atoms with Gasteiger partial charge in [0.2, 0.25) is 0 Å². The summed E-state index contributed by atoms with van der Waals surface area (Å²) in [6.45, 7) is 2.65. The predicted molar refractivity (Wildman–Crippen MR) is 282 cm³/mol. The van der Waals surface area contributed by atoms with Gasteiger partial charge in [-0.1, -0.05) is 64.3 Å². The number of ether oxygens (including phenoxy) is 5. The third kappa shape index (κ3) is 9.62. The topological polar surface area (TPSA) is 186 Å². The molecule has 2 saturated carbocycles. The molecule has 0 aromatic heterocycles. The number of aliphatic hydroxyl groups is 1. The number of hydrogen-bond donors (Lipinski definition) is 7. The number of unbranched alkanes of at least 4 members (excludes halogenated alkanes) is 1. The van der Waals surface area contributed by atoms with Crippen molar-refractivity contribution in [2.24, 2.45) is 17.6 Å². The highest BCUT2D eigenvalue weighted by Gasteiger charge is 2.52. The molecule has 0 amide bonds. The average Bonchev–Trinajstić information content (AvgIpc) is 3.87. The SMILES string of the molecule is COCCCCNCc1c(O)c2c(c3c1CC#CC1=C(C=CC(N)N1)CC1CCC4(Cc5cc(O)cc(OCO)c5-c5ccc6c(c54)OC3C6COC(C)=O)C1)C=CC1NC3CCCC(CSSCC1O2)C3. The highest BCUT2D eigenvalue weighted by molar-refractivity contribution is 8.76. The van der Waals surface area contributed by atoms with Crippen LogP contribution < -0.4 is 35.9 Å². The molecule has 6 bridgehead atoms. The lowest BCUT2D eigenvalue weighted by molar-refractivity contribution is -0.141. The summed E-state index contributed by atoms with van der Waals surface area (Å²) in [5.41, 5.74) is 15.9. The van der Waals surface area contributed by atoms with Crippen LogP contribution in [0.2, 0.25) is 0 Å². The third-order valence-electron chi connectivity index (χ3n) is 16.4. The van der Waals surface area contributed by atoms with Gasteiger partial charge in [0.25, 0.3) is 0 Å². The van der Waals surface area contributed by atoms with Crippen molar-refractivity contribution >= 4 is 33.6 Å². The largest absolute Gasteiger partial charge is 0.508 e. The van der Waals surface area contributed by atoms with Crippen molar-refractivity contribution in [2.45, 2.75) is 132 Å². The van der Waals surface area contributed by atoms with Crippen LogP contribution in [0.5, 0.6) is 28.7 Å². The molecule has 9 atom stereocenters. The maximum Gasteiger partial charge on any atom is 0.302 e. The van der Waals surface area contributed by atoms with E-state index in [1.54, 1.807) is 13.2 Å². The first-order chi connectivity index (χ1) is 35.1. The maximum absolute atomic E-state index is 12.9. The number of dihydropyridines is 1. The Morgan fingerprint density at radius 2 is 1.94 bits per heavy atom. The maximum atomic E-state index is 12.9. The van der Waals surface area contributed by atoms with Crippen LogP contribution in [0, 0.1) is 23.7 Å². The van der Waals surface area contributed by atoms with Crippen molar-refractivity contribution in [1.29, 1.82) is 0 Å². The highest BCUT2D eigenvalue weighted by atomic mass is 33.1. The Morgan fingerprint density at radius 1 is 1.06 bits per heavy atom. The average molecular weight is 1020 g/mol. The molecule has 3 aromatic rings. The van der Waals surface area contributed by atoms with E-state index in [0.717, 1.165) is 124 Å². The summed E-state index contributed by atoms with van der Waals surface area (Å²) >= 11 is 0. The van der Waals surface area contributed by atoms with Crippen molar-refractivity contribution in [3.63, 3.8) is 0 Å². The second-order valence-corrected chi connectivity index (χ2v) is 23.7. The number of phenolic OH excluding ortho intramolecular Hbond substituents is 2. The molecule has 1 spiro atoms. The van der Waals surface area contributed by atoms with E-state index >= 15 is 0 Å². The minimum atomic E-state index is -0.701. The summed E-state index contributed by atoms with van der Waals surface area (Å²) < 4.78 is 32.4. The highest BCUT2D eigenvalue weighted by Crippen LogP contribution is 2.63. The van der Waals surface area contributed by atoms with Crippen molar-refractivity contribution in [1.82, 2.24) is 16.0 Å². The van der Waals surface area contributed by atoms with Gasteiger partial charge < -0.3 is 60.7 Å². The van der Waals surface area contributed by atoms with Crippen molar-refractivity contribution < 1.29 is 43.8 Å². The molecule has 1 saturated heterocycles. The quantitative estimate of drug-likeness (QED) is 0.0320. The molecular formula is C57H68N4O9S2. The van der Waals surface area contributed by atoms with E-state index in [9.17, 15) is 20.1 Å². The summed E-state index contributed by atoms with van der Waals surface area (Å²) in [6, 6.07) is 7.89. The first-order valence-corrected chi connectivity index (χ1v) is 28.5. The minimum Gasteiger partial charge on any atom is -0.508 e. The molecule has 8 N–H and O–H groups in total. The normalized spacial score (nSPS) is 28.6. The molecule has 8 aliphatic rings. The Kier molecular flexibility index (Phi) is 14.6. The van der Waals surface area contributed by atoms with E-state index in [2.05, 4.69) is 58.2 Å². The van der Waals surface area contributed by atoms with Crippen molar-refractivity contribution in [3.05, 3.63) is 92.7 Å². The van der Waals surface area contributed by atoms with Crippen LogP contribution >= 0.6 is 21.6 Å². The number of nitrogens with one attached hydrogen (secondary N) is 3. The van der Waals surface area contributed by atoms with Gasteiger partial charge in [-0.15, -0.1) is 0 Å². The Morgan fingerprint density at radius 3 is 2.81 bits per heavy atom. The molecule has 3 aromatic carbocycles. The van der Waals surface area contributed by atoms with Crippen molar-refractivity contribution in [2.75, 3.05) is 45.2 Å². The summed E-state index contributed by atoms with van der Waals surface area (Å²) in [4.78, 5) is 12.9. The zero-order chi connectivity index (χ0) is 49.5. The lowest BCUT2D eigenvalue weighted by Crippen LogP contribution is -2.49. The monoisotopic (exact) mass is 1020 g/mol. The fraction of sp³-hybridized carbons (Fsp3) is 0.526. The number of carbonyl (C=O) groups excluding carboxylic acids is 1. The van der Waals surface area contributed by atoms with E-state index in [1.807, 2.05) is 33.7 Å². The van der Waals surface area contributed by atoms with Gasteiger partial charge in [0.1, 0.15) is 36.1 Å². The fourth-order valence-corrected chi connectivity index (χ4v) is 15.9. The summed E-state index contributed by atoms with van der Waals surface area (Å²) in [6.07, 6.45) is 18.0. The number of fused-ring (bicyclic) bond motifs is 11. The Bertz CT molecular complexity index is 2750. The van der Waals surface area contributed by atoms with Crippen LogP contribution in [0.3, 0.4) is 0 Å². The molecular weight excluding hydrogens is 949 g/mol. The summed E-state index contributed by atoms with van der Waals surface area (Å²) in [5, 5.41) is 45.4. The standard InChI is InChI=1S/C57H68N4O9S2/c1-32(63)67-28-44-40-12-13-41-50-36(23-38(64)24-47(50)68-31-62)26-57-18-17-33(25-57)21-35-11-16-49(58)61-45(35)10-6-9-39-43(27-59-19-3-4-20-66-2)53(65)56-42(51(39)54(44)70-55(40)52(41)57)14-15-46-48(69-56)30-72-71-29-34-7-5-8-37(22-34)60-46/h11-16,23-24,33-34,37,44,46,48-49,54,59-62,64-65H,3-5,7-9,17-22,25-31,58H2,1-2H3. The molecule has 3 aliphatic carbocycles. The number of nitrogens with two attached hydrogens (primary N) is 1. The number of carbonyl (C=O) groups is 1. The lowest BCUT2D eigenvalue weighted by Gasteiger charge is -2.39. The number of phenols is 2. The van der Waals surface area contributed by atoms with Gasteiger partial charge in [0.05, 0.1) is 23.8 Å². The van der Waals surface area contributed by atoms with Gasteiger partial charge in [-0.05, 0) is 123 Å². The molecule has 13 nitrogen and oxygen atoms in total. The van der Waals surface area contributed by atoms with E-state index in [-0.39, 0.29) is 48.6 Å². The van der Waals surface area contributed by atoms with Crippen LogP contribution in [0.25, 0.3) is 17.2 Å². The number of methoxy groups -OCH3 is 1. The van der Waals surface area contributed by atoms with Gasteiger partial charge >= 0.3 is 5.97 Å². The number of hydrogen-bond acceptors (Lipinski definition) is 15. The summed E-state index contributed by atoms with van der Waals surface area (Å²) in [7, 11) is 5.50. The van der Waals surface area contributed by atoms with Gasteiger partial charge in [-0.3, -0.25) is 4.79 Å². The van der Waals surface area contributed by atoms with Gasteiger partial charge in [0, 0.05) is 96.0 Å². The molecule has 0 radical (unpaired) electrons. The van der Waals surface area contributed by atoms with Crippen LogP contribution in [-0.4, -0.2) is 90.8 Å². The number of rotatable bonds is 11. The van der Waals surface area contributed by atoms with Crippen LogP contribution in [0.1, 0.15) is 122 Å². The van der Waals surface area contributed by atoms with E-state index in [0.29, 0.717) is 55.1 Å². The fourth-order valence-electron chi connectivity index (χ4n) is 13.3. The van der Waals surface area contributed by atoms with Crippen LogP contribution in [0.4, 0.5) is 0 Å². The number of aromatic hydroxyl groups is 2. The summed E-state index contributed by atoms with van der Waals surface area (Å²) in [5.74, 6) is 10.8. The number of allylic oxidation sites excluding steroid dienone is 3. The number of esters is 1. The van der Waals surface area contributed by atoms with E-state index < -0.39 is 30.4 Å².